The molecule has 0 spiro atoms. The summed E-state index contributed by atoms with van der Waals surface area (Å²) in [6.07, 6.45) is 1.20. The lowest BCUT2D eigenvalue weighted by Crippen LogP contribution is -2.42. The fraction of sp³-hybridized carbons (Fsp3) is 0.450. The van der Waals surface area contributed by atoms with Gasteiger partial charge in [0, 0.05) is 23.0 Å². The molecule has 1 aromatic carbocycles. The van der Waals surface area contributed by atoms with Crippen LogP contribution in [0.4, 0.5) is 0 Å². The summed E-state index contributed by atoms with van der Waals surface area (Å²) >= 11 is 0. The van der Waals surface area contributed by atoms with Gasteiger partial charge < -0.3 is 24.9 Å². The number of aliphatic hydroxyl groups is 1. The summed E-state index contributed by atoms with van der Waals surface area (Å²) in [5.41, 5.74) is 2.63. The van der Waals surface area contributed by atoms with Crippen LogP contribution in [0.15, 0.2) is 24.4 Å². The molecule has 7 heteroatoms. The van der Waals surface area contributed by atoms with E-state index in [9.17, 15) is 5.11 Å². The third-order valence-corrected chi connectivity index (χ3v) is 4.27. The Morgan fingerprint density at radius 2 is 2.00 bits per heavy atom. The van der Waals surface area contributed by atoms with Gasteiger partial charge in [-0.05, 0) is 45.9 Å². The monoisotopic (exact) mass is 393 g/mol. The number of nitrogens with one attached hydrogen (secondary N) is 2. The fourth-order valence-corrected chi connectivity index (χ4v) is 2.90. The number of fused-ring (bicyclic) bond motifs is 3. The molecule has 3 N–H and O–H groups in total. The highest BCUT2D eigenvalue weighted by Crippen LogP contribution is 2.36. The molecule has 1 unspecified atom stereocenters. The average Bonchev–Trinajstić information content (AvgIpc) is 2.96. The number of rotatable bonds is 6. The zero-order valence-electron chi connectivity index (χ0n) is 16.4. The molecule has 2 heterocycles. The van der Waals surface area contributed by atoms with Gasteiger partial charge in [-0.1, -0.05) is 0 Å². The Labute approximate surface area is 165 Å². The molecule has 148 valence electrons. The molecule has 3 aromatic rings. The minimum atomic E-state index is -0.608. The molecule has 0 bridgehead atoms. The first kappa shape index (κ1) is 21.3. The summed E-state index contributed by atoms with van der Waals surface area (Å²) in [5, 5.41) is 15.5. The van der Waals surface area contributed by atoms with Gasteiger partial charge >= 0.3 is 0 Å². The highest BCUT2D eigenvalue weighted by atomic mass is 35.5. The second kappa shape index (κ2) is 8.33. The van der Waals surface area contributed by atoms with Gasteiger partial charge in [0.15, 0.2) is 5.75 Å². The molecule has 0 aliphatic heterocycles. The predicted octanol–water partition coefficient (Wildman–Crippen LogP) is 3.58. The number of benzene rings is 1. The van der Waals surface area contributed by atoms with Gasteiger partial charge in [-0.3, -0.25) is 4.98 Å². The molecular formula is C20H28ClN3O3. The number of halogens is 1. The molecule has 0 aliphatic carbocycles. The smallest absolute Gasteiger partial charge is 0.150 e. The number of methoxy groups -OCH3 is 1. The van der Waals surface area contributed by atoms with Gasteiger partial charge in [-0.25, -0.2) is 0 Å². The Hall–Kier alpha value is -2.02. The summed E-state index contributed by atoms with van der Waals surface area (Å²) < 4.78 is 11.4. The van der Waals surface area contributed by atoms with E-state index in [2.05, 4.69) is 36.1 Å². The Balaban J connectivity index is 0.00000261. The van der Waals surface area contributed by atoms with Crippen molar-refractivity contribution < 1.29 is 14.6 Å². The number of nitrogens with zero attached hydrogens (tertiary/aromatic N) is 1. The molecular weight excluding hydrogens is 366 g/mol. The first-order chi connectivity index (χ1) is 12.3. The van der Waals surface area contributed by atoms with Crippen molar-refractivity contribution in [1.82, 2.24) is 15.3 Å². The maximum absolute atomic E-state index is 10.2. The van der Waals surface area contributed by atoms with Crippen molar-refractivity contribution in [1.29, 1.82) is 0 Å². The van der Waals surface area contributed by atoms with Gasteiger partial charge in [0.1, 0.15) is 18.5 Å². The molecule has 0 aliphatic rings. The largest absolute Gasteiger partial charge is 0.497 e. The molecule has 2 aromatic heterocycles. The van der Waals surface area contributed by atoms with Crippen LogP contribution in [0.2, 0.25) is 0 Å². The maximum Gasteiger partial charge on any atom is 0.150 e. The zero-order chi connectivity index (χ0) is 18.9. The normalized spacial score (nSPS) is 12.8. The van der Waals surface area contributed by atoms with Crippen molar-refractivity contribution in [2.24, 2.45) is 0 Å². The number of ether oxygens (including phenoxy) is 2. The number of aromatic amines is 1. The summed E-state index contributed by atoms with van der Waals surface area (Å²) in [7, 11) is 1.65. The molecule has 0 fully saturated rings. The summed E-state index contributed by atoms with van der Waals surface area (Å²) in [6, 6.07) is 5.88. The summed E-state index contributed by atoms with van der Waals surface area (Å²) in [5.74, 6) is 1.48. The number of aliphatic hydroxyl groups excluding tert-OH is 1. The van der Waals surface area contributed by atoms with E-state index >= 15 is 0 Å². The third-order valence-electron chi connectivity index (χ3n) is 4.27. The Morgan fingerprint density at radius 3 is 2.67 bits per heavy atom. The Kier molecular flexibility index (Phi) is 6.57. The van der Waals surface area contributed by atoms with Crippen molar-refractivity contribution in [2.45, 2.75) is 39.3 Å². The van der Waals surface area contributed by atoms with E-state index in [0.717, 1.165) is 33.2 Å². The molecule has 0 radical (unpaired) electrons. The van der Waals surface area contributed by atoms with Crippen molar-refractivity contribution in [3.05, 3.63) is 30.1 Å². The van der Waals surface area contributed by atoms with Gasteiger partial charge in [0.2, 0.25) is 0 Å². The van der Waals surface area contributed by atoms with E-state index in [1.54, 1.807) is 7.11 Å². The van der Waals surface area contributed by atoms with E-state index in [-0.39, 0.29) is 24.6 Å². The number of β-amino-alcohol motifs (C(OH)–C–C–N with tert-alkyl or cyclic N) is 1. The fourth-order valence-electron chi connectivity index (χ4n) is 2.90. The molecule has 0 saturated heterocycles. The number of pyridine rings is 1. The number of hydrogen-bond acceptors (Lipinski definition) is 5. The maximum atomic E-state index is 10.2. The lowest BCUT2D eigenvalue weighted by Gasteiger charge is -2.23. The van der Waals surface area contributed by atoms with Crippen LogP contribution in [0.3, 0.4) is 0 Å². The van der Waals surface area contributed by atoms with Crippen LogP contribution >= 0.6 is 12.4 Å². The second-order valence-electron chi connectivity index (χ2n) is 7.59. The van der Waals surface area contributed by atoms with E-state index in [1.807, 2.05) is 31.3 Å². The quantitative estimate of drug-likeness (QED) is 0.596. The summed E-state index contributed by atoms with van der Waals surface area (Å²) in [6.45, 7) is 8.76. The lowest BCUT2D eigenvalue weighted by atomic mass is 10.1. The number of aryl methyl sites for hydroxylation is 1. The number of hydrogen-bond donors (Lipinski definition) is 3. The third kappa shape index (κ3) is 4.83. The topological polar surface area (TPSA) is 79.4 Å². The van der Waals surface area contributed by atoms with E-state index < -0.39 is 6.10 Å². The van der Waals surface area contributed by atoms with Gasteiger partial charge in [0.05, 0.1) is 29.9 Å². The highest BCUT2D eigenvalue weighted by molar-refractivity contribution is 6.10. The standard InChI is InChI=1S/C20H27N3O3.ClH/c1-12-19(26-11-13(24)9-22-20(2,3)4)18-15-8-14(25-5)6-7-16(15)23-17(18)10-21-12;/h6-8,10,13,22-24H,9,11H2,1-5H3;1H. The molecule has 27 heavy (non-hydrogen) atoms. The Morgan fingerprint density at radius 1 is 1.26 bits per heavy atom. The van der Waals surface area contributed by atoms with Crippen LogP contribution in [-0.2, 0) is 0 Å². The number of aromatic nitrogens is 2. The number of H-pyrrole nitrogens is 1. The van der Waals surface area contributed by atoms with Gasteiger partial charge in [-0.2, -0.15) is 0 Å². The summed E-state index contributed by atoms with van der Waals surface area (Å²) in [4.78, 5) is 7.78. The van der Waals surface area contributed by atoms with Crippen LogP contribution < -0.4 is 14.8 Å². The van der Waals surface area contributed by atoms with Gasteiger partial charge in [0.25, 0.3) is 0 Å². The van der Waals surface area contributed by atoms with Gasteiger partial charge in [-0.15, -0.1) is 12.4 Å². The predicted molar refractivity (Wildman–Crippen MR) is 111 cm³/mol. The van der Waals surface area contributed by atoms with Crippen molar-refractivity contribution in [3.8, 4) is 11.5 Å². The molecule has 6 nitrogen and oxygen atoms in total. The molecule has 1 atom stereocenters. The molecule has 0 amide bonds. The first-order valence-corrected chi connectivity index (χ1v) is 8.79. The van der Waals surface area contributed by atoms with E-state index in [0.29, 0.717) is 12.3 Å². The van der Waals surface area contributed by atoms with Crippen LogP contribution in [0.1, 0.15) is 26.5 Å². The second-order valence-corrected chi connectivity index (χ2v) is 7.59. The van der Waals surface area contributed by atoms with Crippen LogP contribution in [0.25, 0.3) is 21.8 Å². The molecule has 3 rings (SSSR count). The Bertz CT molecular complexity index is 918. The van der Waals surface area contributed by atoms with E-state index in [4.69, 9.17) is 9.47 Å². The van der Waals surface area contributed by atoms with Crippen molar-refractivity contribution in [3.63, 3.8) is 0 Å². The minimum Gasteiger partial charge on any atom is -0.497 e. The highest BCUT2D eigenvalue weighted by Gasteiger charge is 2.17. The zero-order valence-corrected chi connectivity index (χ0v) is 17.2. The van der Waals surface area contributed by atoms with Crippen LogP contribution in [0.5, 0.6) is 11.5 Å². The van der Waals surface area contributed by atoms with E-state index in [1.165, 1.54) is 0 Å². The molecule has 0 saturated carbocycles. The van der Waals surface area contributed by atoms with Crippen LogP contribution in [0, 0.1) is 6.92 Å². The SMILES string of the molecule is COc1ccc2[nH]c3cnc(C)c(OCC(O)CNC(C)(C)C)c3c2c1.Cl. The van der Waals surface area contributed by atoms with Crippen molar-refractivity contribution in [2.75, 3.05) is 20.3 Å². The average molecular weight is 394 g/mol. The minimum absolute atomic E-state index is 0. The lowest BCUT2D eigenvalue weighted by molar-refractivity contribution is 0.100. The van der Waals surface area contributed by atoms with Crippen LogP contribution in [-0.4, -0.2) is 47.0 Å². The first-order valence-electron chi connectivity index (χ1n) is 8.79. The van der Waals surface area contributed by atoms with Crippen molar-refractivity contribution >= 4 is 34.2 Å².